The monoisotopic (exact) mass is 1520 g/mol. The minimum Gasteiger partial charge on any atom is -0.0616 e. The van der Waals surface area contributed by atoms with Crippen molar-refractivity contribution in [3.63, 3.8) is 0 Å². The Kier molecular flexibility index (Phi) is 15.6. The summed E-state index contributed by atoms with van der Waals surface area (Å²) in [6.07, 6.45) is 0. The number of benzene rings is 23. The van der Waals surface area contributed by atoms with Gasteiger partial charge in [-0.2, -0.15) is 0 Å². The van der Waals surface area contributed by atoms with Gasteiger partial charge in [0.05, 0.1) is 0 Å². The molecule has 23 aromatic rings. The van der Waals surface area contributed by atoms with Crippen molar-refractivity contribution in [2.45, 2.75) is 38.5 Å². The lowest BCUT2D eigenvalue weighted by Gasteiger charge is -2.24. The van der Waals surface area contributed by atoms with Crippen LogP contribution in [0, 0.1) is 0 Å². The van der Waals surface area contributed by atoms with E-state index >= 15 is 0 Å². The first kappa shape index (κ1) is 69.5. The zero-order valence-electron chi connectivity index (χ0n) is 67.3. The second kappa shape index (κ2) is 26.9. The zero-order valence-corrected chi connectivity index (χ0v) is 67.3. The van der Waals surface area contributed by atoms with Crippen molar-refractivity contribution in [2.24, 2.45) is 0 Å². The molecule has 560 valence electrons. The summed E-state index contributed by atoms with van der Waals surface area (Å²) < 4.78 is 0. The van der Waals surface area contributed by atoms with Gasteiger partial charge in [-0.3, -0.25) is 0 Å². The highest BCUT2D eigenvalue weighted by Gasteiger charge is 2.40. The van der Waals surface area contributed by atoms with E-state index in [2.05, 4.69) is 440 Å². The molecule has 0 unspecified atom stereocenters. The van der Waals surface area contributed by atoms with E-state index in [1.165, 1.54) is 252 Å². The summed E-state index contributed by atoms with van der Waals surface area (Å²) in [5.74, 6) is 0. The van der Waals surface area contributed by atoms with Crippen LogP contribution < -0.4 is 0 Å². The highest BCUT2D eigenvalue weighted by molar-refractivity contribution is 6.26. The fraction of sp³-hybridized carbons (Fsp3) is 0.0500. The van der Waals surface area contributed by atoms with E-state index in [-0.39, 0.29) is 10.8 Å². The van der Waals surface area contributed by atoms with E-state index in [1.54, 1.807) is 0 Å². The summed E-state index contributed by atoms with van der Waals surface area (Å²) in [6.45, 7) is 9.59. The lowest BCUT2D eigenvalue weighted by atomic mass is 9.79. The van der Waals surface area contributed by atoms with Crippen LogP contribution in [-0.4, -0.2) is 0 Å². The van der Waals surface area contributed by atoms with Gasteiger partial charge < -0.3 is 0 Å². The van der Waals surface area contributed by atoms with Crippen LogP contribution in [0.3, 0.4) is 0 Å². The van der Waals surface area contributed by atoms with Crippen molar-refractivity contribution in [1.29, 1.82) is 0 Å². The summed E-state index contributed by atoms with van der Waals surface area (Å²) in [6, 6.07) is 154. The fourth-order valence-electron chi connectivity index (χ4n) is 21.8. The molecule has 0 heteroatoms. The molecule has 23 aromatic carbocycles. The van der Waals surface area contributed by atoms with Crippen LogP contribution in [0.5, 0.6) is 0 Å². The summed E-state index contributed by atoms with van der Waals surface area (Å²) in [5, 5.41) is 31.1. The Labute approximate surface area is 697 Å². The van der Waals surface area contributed by atoms with Gasteiger partial charge in [0.2, 0.25) is 0 Å². The van der Waals surface area contributed by atoms with Crippen molar-refractivity contribution in [2.75, 3.05) is 0 Å². The summed E-state index contributed by atoms with van der Waals surface area (Å²) in [7, 11) is 0. The third-order valence-electron chi connectivity index (χ3n) is 27.2. The molecule has 0 spiro atoms. The van der Waals surface area contributed by atoms with Gasteiger partial charge in [-0.25, -0.2) is 0 Å². The van der Waals surface area contributed by atoms with Crippen molar-refractivity contribution in [1.82, 2.24) is 0 Å². The number of fused-ring (bicyclic) bond motifs is 26. The molecule has 0 fully saturated rings. The Balaban J connectivity index is 0.000000137. The van der Waals surface area contributed by atoms with Gasteiger partial charge in [-0.1, -0.05) is 416 Å². The standard InChI is InChI=1S/C63H42.C57H38/c1-63(2)58-36-35-43(37-57(58)61-50-21-9-7-18-47(50)48-19-8-14-26-55(48)62(61)63)39-27-31-41(32-28-39)59-51-22-10-12-24-53(51)60(54-25-13-11-23-52(54)59)42-33-29-40(30-34-42)56-38-44-15-3-4-16-45(44)46-17-5-6-20-49(46)56;1-57(2)52-32-30-38(34-51(52)55-45-17-7-5-15-43(45)44-16-6-12-22-50(44)56(55)57)35-23-26-37(27-24-35)53-46-18-8-10-20-48(46)54(49-21-11-9-19-47(49)53)40-29-31-42-39(33-40)28-25-36-13-3-4-14-41(36)42/h3-38H,1-2H3;3-34H,1-2H3. The molecule has 2 aliphatic rings. The lowest BCUT2D eigenvalue weighted by molar-refractivity contribution is 0.666. The molecule has 0 saturated carbocycles. The van der Waals surface area contributed by atoms with Gasteiger partial charge in [0, 0.05) is 10.8 Å². The van der Waals surface area contributed by atoms with Crippen molar-refractivity contribution in [3.05, 3.63) is 435 Å². The van der Waals surface area contributed by atoms with Gasteiger partial charge in [0.15, 0.2) is 0 Å². The minimum atomic E-state index is -0.112. The Morgan fingerprint density at radius 3 is 0.767 bits per heavy atom. The molecule has 0 N–H and O–H groups in total. The first-order valence-corrected chi connectivity index (χ1v) is 42.3. The van der Waals surface area contributed by atoms with Crippen LogP contribution >= 0.6 is 0 Å². The lowest BCUT2D eigenvalue weighted by Crippen LogP contribution is -2.15. The predicted octanol–water partition coefficient (Wildman–Crippen LogP) is 33.5. The van der Waals surface area contributed by atoms with Gasteiger partial charge in [-0.15, -0.1) is 0 Å². The van der Waals surface area contributed by atoms with E-state index in [0.29, 0.717) is 0 Å². The van der Waals surface area contributed by atoms with Gasteiger partial charge in [0.25, 0.3) is 0 Å². The maximum absolute atomic E-state index is 2.45. The molecule has 25 rings (SSSR count). The molecule has 0 nitrogen and oxygen atoms in total. The molecular weight excluding hydrogens is 1440 g/mol. The summed E-state index contributed by atoms with van der Waals surface area (Å²) in [5.41, 5.74) is 28.4. The highest BCUT2D eigenvalue weighted by atomic mass is 14.4. The van der Waals surface area contributed by atoms with Gasteiger partial charge in [0.1, 0.15) is 0 Å². The number of hydrogen-bond donors (Lipinski definition) is 0. The number of rotatable bonds is 7. The molecule has 0 aliphatic heterocycles. The molecule has 2 aliphatic carbocycles. The fourth-order valence-corrected chi connectivity index (χ4v) is 21.8. The van der Waals surface area contributed by atoms with Crippen molar-refractivity contribution < 1.29 is 0 Å². The average Bonchev–Trinajstić information content (AvgIpc) is 1.64. The first-order chi connectivity index (χ1) is 59.1. The molecule has 0 radical (unpaired) electrons. The van der Waals surface area contributed by atoms with Crippen molar-refractivity contribution >= 4 is 129 Å². The topological polar surface area (TPSA) is 0 Å². The first-order valence-electron chi connectivity index (χ1n) is 42.3. The second-order valence-corrected chi connectivity index (χ2v) is 34.3. The predicted molar refractivity (Wildman–Crippen MR) is 516 cm³/mol. The van der Waals surface area contributed by atoms with E-state index < -0.39 is 0 Å². The third kappa shape index (κ3) is 10.5. The zero-order chi connectivity index (χ0) is 79.6. The largest absolute Gasteiger partial charge is 0.0616 e. The van der Waals surface area contributed by atoms with Gasteiger partial charge in [-0.05, 0) is 276 Å². The highest BCUT2D eigenvalue weighted by Crippen LogP contribution is 2.58. The Morgan fingerprint density at radius 2 is 0.375 bits per heavy atom. The molecular formula is C120H80. The Bertz CT molecular complexity index is 8180. The third-order valence-corrected chi connectivity index (χ3v) is 27.2. The van der Waals surface area contributed by atoms with Crippen molar-refractivity contribution in [3.8, 4) is 100 Å². The molecule has 0 atom stereocenters. The Morgan fingerprint density at radius 1 is 0.133 bits per heavy atom. The van der Waals surface area contributed by atoms with Crippen LogP contribution in [0.1, 0.15) is 49.9 Å². The van der Waals surface area contributed by atoms with Crippen LogP contribution in [0.25, 0.3) is 229 Å². The minimum absolute atomic E-state index is 0.105. The average molecular weight is 1520 g/mol. The smallest absolute Gasteiger partial charge is 0.0165 e. The molecule has 0 saturated heterocycles. The molecule has 0 bridgehead atoms. The summed E-state index contributed by atoms with van der Waals surface area (Å²) in [4.78, 5) is 0. The second-order valence-electron chi connectivity index (χ2n) is 34.3. The maximum Gasteiger partial charge on any atom is 0.0165 e. The quantitative estimate of drug-likeness (QED) is 0.110. The normalized spacial score (nSPS) is 13.1. The maximum atomic E-state index is 2.45. The van der Waals surface area contributed by atoms with Crippen LogP contribution in [0.2, 0.25) is 0 Å². The molecule has 120 heavy (non-hydrogen) atoms. The number of hydrogen-bond acceptors (Lipinski definition) is 0. The van der Waals surface area contributed by atoms with Crippen LogP contribution in [-0.2, 0) is 10.8 Å². The van der Waals surface area contributed by atoms with Gasteiger partial charge >= 0.3 is 0 Å². The van der Waals surface area contributed by atoms with E-state index in [4.69, 9.17) is 0 Å². The van der Waals surface area contributed by atoms with Crippen LogP contribution in [0.4, 0.5) is 0 Å². The van der Waals surface area contributed by atoms with Crippen LogP contribution in [0.15, 0.2) is 413 Å². The molecule has 0 heterocycles. The molecule has 0 aromatic heterocycles. The van der Waals surface area contributed by atoms with E-state index in [9.17, 15) is 0 Å². The SMILES string of the molecule is CC1(C)c2ccc(-c3ccc(-c4c5ccccc5c(-c5ccc(-c6cc7ccccc7c7ccccc67)cc5)c5ccccc45)cc3)cc2-c2c1c1ccccc1c1ccccc21.CC1(C)c2ccc(-c3ccc(-c4c5ccccc5c(-c5ccc6c(ccc7ccccc76)c5)c5ccccc45)cc3)cc2-c2c1c1ccccc1c1ccccc21. The van der Waals surface area contributed by atoms with E-state index in [1.807, 2.05) is 0 Å². The summed E-state index contributed by atoms with van der Waals surface area (Å²) >= 11 is 0. The molecule has 0 amide bonds. The van der Waals surface area contributed by atoms with E-state index in [0.717, 1.165) is 0 Å². The Hall–Kier alpha value is -14.8.